The Morgan fingerprint density at radius 3 is 2.12 bits per heavy atom. The van der Waals surface area contributed by atoms with Crippen LogP contribution in [0.5, 0.6) is 0 Å². The zero-order valence-corrected chi connectivity index (χ0v) is 12.0. The Morgan fingerprint density at radius 2 is 1.59 bits per heavy atom. The Balaban J connectivity index is 1.75. The van der Waals surface area contributed by atoms with Crippen molar-refractivity contribution in [3.63, 3.8) is 0 Å². The Bertz CT molecular complexity index is 218. The molecule has 2 saturated carbocycles. The van der Waals surface area contributed by atoms with Gasteiger partial charge in [0.15, 0.2) is 0 Å². The summed E-state index contributed by atoms with van der Waals surface area (Å²) in [7, 11) is 0. The number of nitrogens with one attached hydrogen (secondary N) is 1. The van der Waals surface area contributed by atoms with E-state index in [2.05, 4.69) is 26.1 Å². The maximum Gasteiger partial charge on any atom is 0.00980 e. The summed E-state index contributed by atoms with van der Waals surface area (Å²) in [6, 6.07) is 1.66. The molecule has 0 aromatic carbocycles. The van der Waals surface area contributed by atoms with Crippen LogP contribution >= 0.6 is 0 Å². The van der Waals surface area contributed by atoms with Crippen molar-refractivity contribution in [1.29, 1.82) is 0 Å². The second kappa shape index (κ2) is 6.22. The monoisotopic (exact) mass is 237 g/mol. The van der Waals surface area contributed by atoms with Crippen molar-refractivity contribution < 1.29 is 0 Å². The average Bonchev–Trinajstić information content (AvgIpc) is 2.71. The van der Waals surface area contributed by atoms with Crippen LogP contribution in [0.25, 0.3) is 0 Å². The van der Waals surface area contributed by atoms with E-state index in [0.717, 1.165) is 29.8 Å². The zero-order chi connectivity index (χ0) is 12.3. The molecule has 1 N–H and O–H groups in total. The van der Waals surface area contributed by atoms with Gasteiger partial charge >= 0.3 is 0 Å². The SMILES string of the molecule is CCC1CCC(NC2CCC(CC)C2C)CC1. The number of hydrogen-bond donors (Lipinski definition) is 1. The lowest BCUT2D eigenvalue weighted by Gasteiger charge is -2.32. The number of hydrogen-bond acceptors (Lipinski definition) is 1. The van der Waals surface area contributed by atoms with Crippen LogP contribution in [0.4, 0.5) is 0 Å². The summed E-state index contributed by atoms with van der Waals surface area (Å²) in [4.78, 5) is 0. The Kier molecular flexibility index (Phi) is 4.90. The molecule has 2 fully saturated rings. The van der Waals surface area contributed by atoms with Crippen molar-refractivity contribution in [1.82, 2.24) is 5.32 Å². The van der Waals surface area contributed by atoms with E-state index in [1.165, 1.54) is 51.4 Å². The molecule has 0 heterocycles. The standard InChI is InChI=1S/C16H31N/c1-4-13-6-9-15(10-7-13)17-16-11-8-14(5-2)12(16)3/h12-17H,4-11H2,1-3H3. The van der Waals surface area contributed by atoms with Crippen molar-refractivity contribution in [2.24, 2.45) is 17.8 Å². The van der Waals surface area contributed by atoms with Gasteiger partial charge in [-0.3, -0.25) is 0 Å². The summed E-state index contributed by atoms with van der Waals surface area (Å²) < 4.78 is 0. The molecular formula is C16H31N. The third-order valence-electron chi connectivity index (χ3n) is 5.62. The van der Waals surface area contributed by atoms with Gasteiger partial charge in [-0.15, -0.1) is 0 Å². The predicted molar refractivity (Wildman–Crippen MR) is 75.1 cm³/mol. The fourth-order valence-electron chi connectivity index (χ4n) is 4.10. The Morgan fingerprint density at radius 1 is 0.882 bits per heavy atom. The summed E-state index contributed by atoms with van der Waals surface area (Å²) in [6.45, 7) is 7.18. The van der Waals surface area contributed by atoms with E-state index in [9.17, 15) is 0 Å². The summed E-state index contributed by atoms with van der Waals surface area (Å²) in [5.41, 5.74) is 0. The minimum atomic E-state index is 0.822. The van der Waals surface area contributed by atoms with Crippen LogP contribution in [0, 0.1) is 17.8 Å². The summed E-state index contributed by atoms with van der Waals surface area (Å²) in [6.07, 6.45) is 11.4. The van der Waals surface area contributed by atoms with Crippen LogP contribution in [0.15, 0.2) is 0 Å². The zero-order valence-electron chi connectivity index (χ0n) is 12.0. The highest BCUT2D eigenvalue weighted by Crippen LogP contribution is 2.35. The fourth-order valence-corrected chi connectivity index (χ4v) is 4.10. The molecule has 0 aliphatic heterocycles. The largest absolute Gasteiger partial charge is 0.311 e. The summed E-state index contributed by atoms with van der Waals surface area (Å²) in [5, 5.41) is 3.98. The van der Waals surface area contributed by atoms with E-state index in [1.807, 2.05) is 0 Å². The van der Waals surface area contributed by atoms with E-state index < -0.39 is 0 Å². The molecule has 0 radical (unpaired) electrons. The maximum absolute atomic E-state index is 3.98. The van der Waals surface area contributed by atoms with Crippen LogP contribution in [0.2, 0.25) is 0 Å². The van der Waals surface area contributed by atoms with E-state index in [1.54, 1.807) is 0 Å². The van der Waals surface area contributed by atoms with Crippen molar-refractivity contribution in [3.8, 4) is 0 Å². The fraction of sp³-hybridized carbons (Fsp3) is 1.00. The molecule has 2 aliphatic carbocycles. The van der Waals surface area contributed by atoms with Gasteiger partial charge in [0, 0.05) is 12.1 Å². The van der Waals surface area contributed by atoms with Gasteiger partial charge in [-0.1, -0.05) is 33.6 Å². The van der Waals surface area contributed by atoms with E-state index in [-0.39, 0.29) is 0 Å². The molecule has 1 nitrogen and oxygen atoms in total. The van der Waals surface area contributed by atoms with Gasteiger partial charge in [0.1, 0.15) is 0 Å². The van der Waals surface area contributed by atoms with Gasteiger partial charge in [-0.2, -0.15) is 0 Å². The summed E-state index contributed by atoms with van der Waals surface area (Å²) >= 11 is 0. The average molecular weight is 237 g/mol. The number of rotatable bonds is 4. The molecule has 0 spiro atoms. The van der Waals surface area contributed by atoms with Gasteiger partial charge in [0.25, 0.3) is 0 Å². The van der Waals surface area contributed by atoms with E-state index in [4.69, 9.17) is 0 Å². The van der Waals surface area contributed by atoms with Gasteiger partial charge < -0.3 is 5.32 Å². The minimum absolute atomic E-state index is 0.822. The van der Waals surface area contributed by atoms with Crippen LogP contribution in [0.3, 0.4) is 0 Å². The molecule has 3 unspecified atom stereocenters. The van der Waals surface area contributed by atoms with Crippen molar-refractivity contribution in [3.05, 3.63) is 0 Å². The molecule has 2 rings (SSSR count). The van der Waals surface area contributed by atoms with Crippen LogP contribution < -0.4 is 5.32 Å². The van der Waals surface area contributed by atoms with Crippen LogP contribution in [-0.4, -0.2) is 12.1 Å². The molecule has 17 heavy (non-hydrogen) atoms. The first kappa shape index (κ1) is 13.4. The first-order valence-corrected chi connectivity index (χ1v) is 8.00. The Hall–Kier alpha value is -0.0400. The van der Waals surface area contributed by atoms with Crippen molar-refractivity contribution in [2.75, 3.05) is 0 Å². The molecule has 100 valence electrons. The van der Waals surface area contributed by atoms with Gasteiger partial charge in [-0.25, -0.2) is 0 Å². The molecule has 3 atom stereocenters. The summed E-state index contributed by atoms with van der Waals surface area (Å²) in [5.74, 6) is 2.92. The first-order chi connectivity index (χ1) is 8.24. The molecule has 0 amide bonds. The maximum atomic E-state index is 3.98. The van der Waals surface area contributed by atoms with Crippen LogP contribution in [-0.2, 0) is 0 Å². The molecule has 1 heteroatoms. The minimum Gasteiger partial charge on any atom is -0.311 e. The molecular weight excluding hydrogens is 206 g/mol. The lowest BCUT2D eigenvalue weighted by atomic mass is 9.84. The second-order valence-corrected chi connectivity index (χ2v) is 6.50. The highest BCUT2D eigenvalue weighted by molar-refractivity contribution is 4.89. The van der Waals surface area contributed by atoms with Crippen LogP contribution in [0.1, 0.15) is 72.1 Å². The molecule has 0 saturated heterocycles. The van der Waals surface area contributed by atoms with Crippen molar-refractivity contribution in [2.45, 2.75) is 84.2 Å². The van der Waals surface area contributed by atoms with E-state index >= 15 is 0 Å². The van der Waals surface area contributed by atoms with Gasteiger partial charge in [0.05, 0.1) is 0 Å². The first-order valence-electron chi connectivity index (χ1n) is 8.00. The molecule has 0 aromatic heterocycles. The third-order valence-corrected chi connectivity index (χ3v) is 5.62. The van der Waals surface area contributed by atoms with Crippen molar-refractivity contribution >= 4 is 0 Å². The topological polar surface area (TPSA) is 12.0 Å². The van der Waals surface area contributed by atoms with Gasteiger partial charge in [-0.05, 0) is 56.3 Å². The molecule has 2 aliphatic rings. The highest BCUT2D eigenvalue weighted by atomic mass is 15.0. The smallest absolute Gasteiger partial charge is 0.00980 e. The second-order valence-electron chi connectivity index (χ2n) is 6.50. The lowest BCUT2D eigenvalue weighted by Crippen LogP contribution is -2.42. The molecule has 0 aromatic rings. The Labute approximate surface area is 108 Å². The third kappa shape index (κ3) is 3.24. The quantitative estimate of drug-likeness (QED) is 0.765. The lowest BCUT2D eigenvalue weighted by molar-refractivity contribution is 0.246. The van der Waals surface area contributed by atoms with Gasteiger partial charge in [0.2, 0.25) is 0 Å². The molecule has 0 bridgehead atoms. The normalized spacial score (nSPS) is 42.9. The predicted octanol–water partition coefficient (Wildman–Crippen LogP) is 4.37. The van der Waals surface area contributed by atoms with E-state index in [0.29, 0.717) is 0 Å². The highest BCUT2D eigenvalue weighted by Gasteiger charge is 2.33.